The van der Waals surface area contributed by atoms with E-state index in [2.05, 4.69) is 51.1 Å². The summed E-state index contributed by atoms with van der Waals surface area (Å²) in [6.45, 7) is 6.83. The molecule has 2 atom stereocenters. The van der Waals surface area contributed by atoms with Crippen LogP contribution >= 0.6 is 0 Å². The number of fused-ring (bicyclic) bond motifs is 1. The van der Waals surface area contributed by atoms with Crippen LogP contribution in [0.4, 0.5) is 0 Å². The summed E-state index contributed by atoms with van der Waals surface area (Å²) in [6.07, 6.45) is 17.1. The van der Waals surface area contributed by atoms with Gasteiger partial charge >= 0.3 is 5.97 Å². The van der Waals surface area contributed by atoms with Gasteiger partial charge in [0, 0.05) is 0 Å². The fourth-order valence-electron chi connectivity index (χ4n) is 5.83. The lowest BCUT2D eigenvalue weighted by atomic mass is 9.71. The van der Waals surface area contributed by atoms with E-state index in [1.807, 2.05) is 0 Å². The maximum Gasteiger partial charge on any atom is 0.314 e. The van der Waals surface area contributed by atoms with Gasteiger partial charge in [0.15, 0.2) is 0 Å². The lowest BCUT2D eigenvalue weighted by Crippen LogP contribution is -2.27. The minimum Gasteiger partial charge on any atom is -0.426 e. The van der Waals surface area contributed by atoms with Crippen LogP contribution in [0.5, 0.6) is 5.75 Å². The number of hydrogen-bond donors (Lipinski definition) is 0. The van der Waals surface area contributed by atoms with Crippen molar-refractivity contribution in [2.75, 3.05) is 0 Å². The molecular formula is C28H38O2. The third-order valence-corrected chi connectivity index (χ3v) is 8.00. The van der Waals surface area contributed by atoms with Crippen molar-refractivity contribution in [2.24, 2.45) is 23.7 Å². The summed E-state index contributed by atoms with van der Waals surface area (Å²) in [7, 11) is 0. The monoisotopic (exact) mass is 406 g/mol. The number of rotatable bonds is 6. The molecule has 0 N–H and O–H groups in total. The molecule has 0 radical (unpaired) electrons. The van der Waals surface area contributed by atoms with E-state index >= 15 is 0 Å². The number of carbonyl (C=O) groups is 1. The van der Waals surface area contributed by atoms with Crippen LogP contribution in [-0.2, 0) is 11.2 Å². The van der Waals surface area contributed by atoms with Gasteiger partial charge in [-0.1, -0.05) is 76.3 Å². The van der Waals surface area contributed by atoms with Gasteiger partial charge in [-0.3, -0.25) is 4.79 Å². The Kier molecular flexibility index (Phi) is 6.80. The van der Waals surface area contributed by atoms with Crippen molar-refractivity contribution < 1.29 is 9.53 Å². The lowest BCUT2D eigenvalue weighted by Gasteiger charge is -2.34. The molecule has 2 nitrogen and oxygen atoms in total. The van der Waals surface area contributed by atoms with E-state index in [9.17, 15) is 4.79 Å². The highest BCUT2D eigenvalue weighted by Crippen LogP contribution is 2.41. The minimum atomic E-state index is -0.0653. The van der Waals surface area contributed by atoms with Crippen molar-refractivity contribution in [2.45, 2.75) is 85.0 Å². The first kappa shape index (κ1) is 21.4. The molecule has 2 unspecified atom stereocenters. The van der Waals surface area contributed by atoms with Gasteiger partial charge in [0.05, 0.1) is 5.92 Å². The molecule has 0 spiro atoms. The fourth-order valence-corrected chi connectivity index (χ4v) is 5.83. The molecule has 4 rings (SSSR count). The van der Waals surface area contributed by atoms with E-state index in [1.165, 1.54) is 55.2 Å². The molecule has 0 amide bonds. The Morgan fingerprint density at radius 1 is 1.07 bits per heavy atom. The predicted octanol–water partition coefficient (Wildman–Crippen LogP) is 7.52. The van der Waals surface area contributed by atoms with Gasteiger partial charge in [-0.15, -0.1) is 0 Å². The van der Waals surface area contributed by atoms with Gasteiger partial charge in [0.25, 0.3) is 0 Å². The SMILES string of the molecule is CCCC1CCC(C(C)C2=CC=C(c3ccc4c(c3)OC(=O)C(CC)C4)CC2)CC1. The molecule has 1 saturated carbocycles. The van der Waals surface area contributed by atoms with Crippen LogP contribution in [-0.4, -0.2) is 5.97 Å². The van der Waals surface area contributed by atoms with E-state index in [-0.39, 0.29) is 11.9 Å². The summed E-state index contributed by atoms with van der Waals surface area (Å²) in [5.74, 6) is 3.28. The first-order valence-corrected chi connectivity index (χ1v) is 12.3. The molecule has 1 aromatic carbocycles. The van der Waals surface area contributed by atoms with Crippen LogP contribution in [0.15, 0.2) is 35.9 Å². The van der Waals surface area contributed by atoms with Crippen LogP contribution in [0.3, 0.4) is 0 Å². The van der Waals surface area contributed by atoms with Gasteiger partial charge in [0.2, 0.25) is 0 Å². The van der Waals surface area contributed by atoms with E-state index in [1.54, 1.807) is 5.57 Å². The maximum atomic E-state index is 12.2. The van der Waals surface area contributed by atoms with Gasteiger partial charge in [0.1, 0.15) is 5.75 Å². The number of carbonyl (C=O) groups excluding carboxylic acids is 1. The lowest BCUT2D eigenvalue weighted by molar-refractivity contribution is -0.140. The summed E-state index contributed by atoms with van der Waals surface area (Å²) in [5.41, 5.74) is 5.38. The van der Waals surface area contributed by atoms with Gasteiger partial charge < -0.3 is 4.74 Å². The molecule has 2 heteroatoms. The predicted molar refractivity (Wildman–Crippen MR) is 124 cm³/mol. The number of benzene rings is 1. The van der Waals surface area contributed by atoms with Crippen molar-refractivity contribution >= 4 is 11.5 Å². The molecule has 162 valence electrons. The molecular weight excluding hydrogens is 368 g/mol. The molecule has 30 heavy (non-hydrogen) atoms. The molecule has 1 aromatic rings. The standard InChI is InChI=1S/C28H38O2/c1-4-6-20-7-9-22(10-8-20)19(3)23-11-13-24(14-12-23)25-15-16-26-17-21(5-2)28(29)30-27(26)18-25/h11,13,15-16,18-22H,4-10,12,14,17H2,1-3H3. The summed E-state index contributed by atoms with van der Waals surface area (Å²) in [5, 5.41) is 0. The molecule has 1 fully saturated rings. The Hall–Kier alpha value is -1.83. The highest BCUT2D eigenvalue weighted by Gasteiger charge is 2.29. The summed E-state index contributed by atoms with van der Waals surface area (Å²) in [4.78, 5) is 12.2. The van der Waals surface area contributed by atoms with Gasteiger partial charge in [-0.05, 0) is 79.0 Å². The quantitative estimate of drug-likeness (QED) is 0.361. The first-order valence-electron chi connectivity index (χ1n) is 12.3. The van der Waals surface area contributed by atoms with Crippen LogP contribution < -0.4 is 4.74 Å². The van der Waals surface area contributed by atoms with Crippen LogP contribution in [0, 0.1) is 23.7 Å². The molecule has 1 aliphatic heterocycles. The second-order valence-electron chi connectivity index (χ2n) is 9.84. The molecule has 2 aliphatic carbocycles. The van der Waals surface area contributed by atoms with Crippen LogP contribution in [0.1, 0.15) is 89.7 Å². The second kappa shape index (κ2) is 9.54. The highest BCUT2D eigenvalue weighted by atomic mass is 16.5. The Morgan fingerprint density at radius 2 is 1.87 bits per heavy atom. The smallest absolute Gasteiger partial charge is 0.314 e. The topological polar surface area (TPSA) is 26.3 Å². The van der Waals surface area contributed by atoms with Gasteiger partial charge in [-0.25, -0.2) is 0 Å². The molecule has 0 saturated heterocycles. The number of ether oxygens (including phenoxy) is 1. The second-order valence-corrected chi connectivity index (χ2v) is 9.84. The van der Waals surface area contributed by atoms with Crippen LogP contribution in [0.2, 0.25) is 0 Å². The fraction of sp³-hybridized carbons (Fsp3) is 0.607. The van der Waals surface area contributed by atoms with Crippen molar-refractivity contribution in [1.29, 1.82) is 0 Å². The van der Waals surface area contributed by atoms with E-state index in [0.717, 1.165) is 43.3 Å². The number of allylic oxidation sites excluding steroid dienone is 4. The molecule has 0 aromatic heterocycles. The first-order chi connectivity index (χ1) is 14.6. The average molecular weight is 407 g/mol. The minimum absolute atomic E-state index is 0.0151. The van der Waals surface area contributed by atoms with Gasteiger partial charge in [-0.2, -0.15) is 0 Å². The third-order valence-electron chi connectivity index (χ3n) is 8.00. The number of hydrogen-bond acceptors (Lipinski definition) is 2. The molecule has 0 bridgehead atoms. The highest BCUT2D eigenvalue weighted by molar-refractivity contribution is 5.79. The summed E-state index contributed by atoms with van der Waals surface area (Å²) < 4.78 is 5.65. The molecule has 3 aliphatic rings. The Morgan fingerprint density at radius 3 is 2.53 bits per heavy atom. The summed E-state index contributed by atoms with van der Waals surface area (Å²) in [6, 6.07) is 6.47. The van der Waals surface area contributed by atoms with Crippen molar-refractivity contribution in [3.05, 3.63) is 47.1 Å². The average Bonchev–Trinajstić information content (AvgIpc) is 2.78. The van der Waals surface area contributed by atoms with E-state index in [4.69, 9.17) is 4.74 Å². The largest absolute Gasteiger partial charge is 0.426 e. The molecule has 1 heterocycles. The van der Waals surface area contributed by atoms with E-state index < -0.39 is 0 Å². The van der Waals surface area contributed by atoms with Crippen molar-refractivity contribution in [1.82, 2.24) is 0 Å². The summed E-state index contributed by atoms with van der Waals surface area (Å²) >= 11 is 0. The number of esters is 1. The normalized spacial score (nSPS) is 27.6. The Bertz CT molecular complexity index is 823. The van der Waals surface area contributed by atoms with Crippen molar-refractivity contribution in [3.8, 4) is 5.75 Å². The van der Waals surface area contributed by atoms with Crippen LogP contribution in [0.25, 0.3) is 5.57 Å². The zero-order valence-corrected chi connectivity index (χ0v) is 19.1. The Labute approximate surface area is 182 Å². The zero-order chi connectivity index (χ0) is 21.1. The maximum absolute atomic E-state index is 12.2. The zero-order valence-electron chi connectivity index (χ0n) is 19.1. The Balaban J connectivity index is 1.42. The van der Waals surface area contributed by atoms with E-state index in [0.29, 0.717) is 5.92 Å². The van der Waals surface area contributed by atoms with Crippen molar-refractivity contribution in [3.63, 3.8) is 0 Å². The third kappa shape index (κ3) is 4.58.